The molecule has 3 aromatic rings. The number of amides is 1. The van der Waals surface area contributed by atoms with Crippen LogP contribution in [0.5, 0.6) is 0 Å². The summed E-state index contributed by atoms with van der Waals surface area (Å²) in [7, 11) is 0. The van der Waals surface area contributed by atoms with E-state index in [1.807, 2.05) is 31.2 Å². The van der Waals surface area contributed by atoms with Crippen LogP contribution in [0.25, 0.3) is 11.4 Å². The third kappa shape index (κ3) is 3.75. The van der Waals surface area contributed by atoms with Crippen LogP contribution >= 0.6 is 23.2 Å². The van der Waals surface area contributed by atoms with Crippen molar-refractivity contribution in [3.8, 4) is 11.4 Å². The molecule has 24 heavy (non-hydrogen) atoms. The second-order valence-corrected chi connectivity index (χ2v) is 6.11. The average Bonchev–Trinajstić information content (AvgIpc) is 3.00. The van der Waals surface area contributed by atoms with E-state index in [4.69, 9.17) is 23.2 Å². The number of hydrogen-bond acceptors (Lipinski definition) is 3. The van der Waals surface area contributed by atoms with E-state index < -0.39 is 0 Å². The molecule has 0 spiro atoms. The number of nitrogens with zero attached hydrogens (tertiary/aromatic N) is 2. The third-order valence-corrected chi connectivity index (χ3v) is 4.17. The van der Waals surface area contributed by atoms with Crippen molar-refractivity contribution in [2.75, 3.05) is 5.32 Å². The largest absolute Gasteiger partial charge is 0.293 e. The molecule has 5 nitrogen and oxygen atoms in total. The van der Waals surface area contributed by atoms with Crippen molar-refractivity contribution in [3.05, 3.63) is 63.6 Å². The molecule has 0 radical (unpaired) electrons. The van der Waals surface area contributed by atoms with Crippen molar-refractivity contribution >= 4 is 35.1 Å². The van der Waals surface area contributed by atoms with Crippen LogP contribution in [0.4, 0.5) is 5.95 Å². The Kier molecular flexibility index (Phi) is 4.83. The Hall–Kier alpha value is -2.37. The number of anilines is 1. The number of H-pyrrole nitrogens is 1. The quantitative estimate of drug-likeness (QED) is 0.729. The number of carbonyl (C=O) groups excluding carboxylic acids is 1. The minimum atomic E-state index is -0.292. The van der Waals surface area contributed by atoms with Crippen LogP contribution in [0.1, 0.15) is 11.1 Å². The summed E-state index contributed by atoms with van der Waals surface area (Å²) in [5, 5.41) is 10.4. The van der Waals surface area contributed by atoms with Crippen molar-refractivity contribution in [3.63, 3.8) is 0 Å². The van der Waals surface area contributed by atoms with Crippen LogP contribution < -0.4 is 5.32 Å². The Morgan fingerprint density at radius 1 is 1.12 bits per heavy atom. The third-order valence-electron chi connectivity index (χ3n) is 3.46. The fourth-order valence-corrected chi connectivity index (χ4v) is 2.72. The van der Waals surface area contributed by atoms with E-state index in [0.29, 0.717) is 21.4 Å². The Labute approximate surface area is 149 Å². The first-order chi connectivity index (χ1) is 11.5. The van der Waals surface area contributed by atoms with E-state index in [9.17, 15) is 4.79 Å². The fraction of sp³-hybridized carbons (Fsp3) is 0.118. The van der Waals surface area contributed by atoms with Gasteiger partial charge in [-0.15, -0.1) is 5.10 Å². The van der Waals surface area contributed by atoms with Crippen LogP contribution in [0.15, 0.2) is 42.5 Å². The number of rotatable bonds is 4. The molecule has 2 aromatic carbocycles. The lowest BCUT2D eigenvalue weighted by Gasteiger charge is -2.06. The number of aromatic nitrogens is 3. The molecule has 0 bridgehead atoms. The van der Waals surface area contributed by atoms with E-state index in [-0.39, 0.29) is 18.3 Å². The van der Waals surface area contributed by atoms with Gasteiger partial charge in [-0.05, 0) is 24.6 Å². The van der Waals surface area contributed by atoms with Gasteiger partial charge in [0.05, 0.1) is 6.42 Å². The Morgan fingerprint density at radius 2 is 1.79 bits per heavy atom. The van der Waals surface area contributed by atoms with Crippen molar-refractivity contribution < 1.29 is 4.79 Å². The summed E-state index contributed by atoms with van der Waals surface area (Å²) >= 11 is 12.1. The molecule has 0 aliphatic carbocycles. The van der Waals surface area contributed by atoms with Crippen LogP contribution in [0.2, 0.25) is 10.0 Å². The number of nitrogens with one attached hydrogen (secondary N) is 2. The monoisotopic (exact) mass is 360 g/mol. The van der Waals surface area contributed by atoms with Gasteiger partial charge in [0, 0.05) is 15.6 Å². The zero-order valence-electron chi connectivity index (χ0n) is 12.8. The van der Waals surface area contributed by atoms with Gasteiger partial charge < -0.3 is 0 Å². The summed E-state index contributed by atoms with van der Waals surface area (Å²) in [6, 6.07) is 13.0. The summed E-state index contributed by atoms with van der Waals surface area (Å²) in [5.74, 6) is 0.499. The SMILES string of the molecule is Cc1ccc(-c2nc(NC(=O)Cc3c(Cl)cccc3Cl)n[nH]2)cc1. The van der Waals surface area contributed by atoms with Crippen LogP contribution in [-0.4, -0.2) is 21.1 Å². The number of carbonyl (C=O) groups is 1. The molecule has 122 valence electrons. The minimum Gasteiger partial charge on any atom is -0.293 e. The highest BCUT2D eigenvalue weighted by molar-refractivity contribution is 6.36. The molecule has 0 saturated carbocycles. The predicted molar refractivity (Wildman–Crippen MR) is 95.4 cm³/mol. The van der Waals surface area contributed by atoms with Crippen LogP contribution in [0.3, 0.4) is 0 Å². The zero-order chi connectivity index (χ0) is 17.1. The molecule has 1 heterocycles. The average molecular weight is 361 g/mol. The van der Waals surface area contributed by atoms with E-state index in [2.05, 4.69) is 20.5 Å². The number of halogens is 2. The van der Waals surface area contributed by atoms with E-state index in [1.165, 1.54) is 0 Å². The molecule has 0 fully saturated rings. The van der Waals surface area contributed by atoms with Gasteiger partial charge in [-0.25, -0.2) is 0 Å². The first-order valence-corrected chi connectivity index (χ1v) is 8.00. The summed E-state index contributed by atoms with van der Waals surface area (Å²) < 4.78 is 0. The molecule has 1 amide bonds. The molecule has 2 N–H and O–H groups in total. The van der Waals surface area contributed by atoms with Gasteiger partial charge in [-0.3, -0.25) is 15.2 Å². The summed E-state index contributed by atoms with van der Waals surface area (Å²) in [4.78, 5) is 16.4. The molecule has 0 aliphatic rings. The lowest BCUT2D eigenvalue weighted by atomic mass is 10.1. The molecular formula is C17H14Cl2N4O. The fourth-order valence-electron chi connectivity index (χ4n) is 2.19. The molecule has 7 heteroatoms. The standard InChI is InChI=1S/C17H14Cl2N4O/c1-10-5-7-11(8-6-10)16-21-17(23-22-16)20-15(24)9-12-13(18)3-2-4-14(12)19/h2-8H,9H2,1H3,(H2,20,21,22,23,24). The number of aromatic amines is 1. The molecule has 1 aromatic heterocycles. The Morgan fingerprint density at radius 3 is 2.46 bits per heavy atom. The van der Waals surface area contributed by atoms with Crippen molar-refractivity contribution in [1.82, 2.24) is 15.2 Å². The first-order valence-electron chi connectivity index (χ1n) is 7.25. The van der Waals surface area contributed by atoms with Gasteiger partial charge in [-0.2, -0.15) is 4.98 Å². The maximum atomic E-state index is 12.2. The first kappa shape index (κ1) is 16.5. The zero-order valence-corrected chi connectivity index (χ0v) is 14.3. The van der Waals surface area contributed by atoms with Crippen molar-refractivity contribution in [2.24, 2.45) is 0 Å². The van der Waals surface area contributed by atoms with Gasteiger partial charge in [0.25, 0.3) is 0 Å². The van der Waals surface area contributed by atoms with Gasteiger partial charge in [0.2, 0.25) is 11.9 Å². The van der Waals surface area contributed by atoms with Gasteiger partial charge >= 0.3 is 0 Å². The van der Waals surface area contributed by atoms with Crippen molar-refractivity contribution in [1.29, 1.82) is 0 Å². The van der Waals surface area contributed by atoms with Crippen LogP contribution in [0, 0.1) is 6.92 Å². The van der Waals surface area contributed by atoms with Gasteiger partial charge in [0.15, 0.2) is 5.82 Å². The minimum absolute atomic E-state index is 0.0485. The molecule has 3 rings (SSSR count). The van der Waals surface area contributed by atoms with E-state index in [1.54, 1.807) is 18.2 Å². The van der Waals surface area contributed by atoms with Gasteiger partial charge in [-0.1, -0.05) is 59.1 Å². The molecule has 0 unspecified atom stereocenters. The second-order valence-electron chi connectivity index (χ2n) is 5.30. The highest BCUT2D eigenvalue weighted by Gasteiger charge is 2.13. The molecular weight excluding hydrogens is 347 g/mol. The lowest BCUT2D eigenvalue weighted by Crippen LogP contribution is -2.15. The maximum Gasteiger partial charge on any atom is 0.249 e. The van der Waals surface area contributed by atoms with Crippen LogP contribution in [-0.2, 0) is 11.2 Å². The summed E-state index contributed by atoms with van der Waals surface area (Å²) in [6.07, 6.45) is 0.0485. The highest BCUT2D eigenvalue weighted by atomic mass is 35.5. The predicted octanol–water partition coefficient (Wildman–Crippen LogP) is 4.27. The maximum absolute atomic E-state index is 12.2. The van der Waals surface area contributed by atoms with E-state index >= 15 is 0 Å². The molecule has 0 aliphatic heterocycles. The Bertz CT molecular complexity index is 854. The lowest BCUT2D eigenvalue weighted by molar-refractivity contribution is -0.115. The van der Waals surface area contributed by atoms with E-state index in [0.717, 1.165) is 11.1 Å². The smallest absolute Gasteiger partial charge is 0.249 e. The number of benzene rings is 2. The summed E-state index contributed by atoms with van der Waals surface area (Å²) in [5.41, 5.74) is 2.62. The number of aryl methyl sites for hydroxylation is 1. The van der Waals surface area contributed by atoms with Gasteiger partial charge in [0.1, 0.15) is 0 Å². The summed E-state index contributed by atoms with van der Waals surface area (Å²) in [6.45, 7) is 2.01. The second kappa shape index (κ2) is 7.03. The highest BCUT2D eigenvalue weighted by Crippen LogP contribution is 2.25. The topological polar surface area (TPSA) is 70.7 Å². The Balaban J connectivity index is 1.70. The van der Waals surface area contributed by atoms with Crippen molar-refractivity contribution in [2.45, 2.75) is 13.3 Å². The molecule has 0 saturated heterocycles. The molecule has 0 atom stereocenters. The normalized spacial score (nSPS) is 10.6. The number of hydrogen-bond donors (Lipinski definition) is 2.